The minimum atomic E-state index is -1.11. The van der Waals surface area contributed by atoms with Gasteiger partial charge in [0.15, 0.2) is 5.82 Å². The standard InChI is InChI=1S/C23H18ClN5O4S/c1-13-11-16(14(2)28(13)18-7-9-19(10-8-18)29(32)33)12-20(22(30)31)34-23-25-21(26-27-23)15-3-5-17(24)6-4-15/h3-12H,1-2H3,(H,30,31)(H,25,26,27)/b20-12-. The quantitative estimate of drug-likeness (QED) is 0.146. The van der Waals surface area contributed by atoms with Crippen LogP contribution in [0.1, 0.15) is 17.0 Å². The van der Waals surface area contributed by atoms with E-state index in [1.807, 2.05) is 24.5 Å². The highest BCUT2D eigenvalue weighted by atomic mass is 35.5. The number of nitrogens with zero attached hydrogens (tertiary/aromatic N) is 4. The number of nitro benzene ring substituents is 1. The predicted octanol–water partition coefficient (Wildman–Crippen LogP) is 5.66. The molecule has 0 aliphatic carbocycles. The first-order chi connectivity index (χ1) is 16.2. The Labute approximate surface area is 203 Å². The number of aromatic nitrogens is 4. The lowest BCUT2D eigenvalue weighted by molar-refractivity contribution is -0.384. The highest BCUT2D eigenvalue weighted by molar-refractivity contribution is 8.04. The smallest absolute Gasteiger partial charge is 0.342 e. The van der Waals surface area contributed by atoms with Gasteiger partial charge in [-0.1, -0.05) is 11.6 Å². The normalized spacial score (nSPS) is 11.6. The summed E-state index contributed by atoms with van der Waals surface area (Å²) in [5.41, 5.74) is 3.87. The Morgan fingerprint density at radius 1 is 1.18 bits per heavy atom. The number of carboxylic acid groups (broad SMARTS) is 1. The van der Waals surface area contributed by atoms with Crippen LogP contribution in [0.5, 0.6) is 0 Å². The van der Waals surface area contributed by atoms with Crippen LogP contribution in [-0.4, -0.2) is 35.7 Å². The molecule has 2 heterocycles. The Hall–Kier alpha value is -3.89. The molecule has 0 saturated carbocycles. The number of carbonyl (C=O) groups is 1. The molecule has 0 fully saturated rings. The maximum atomic E-state index is 12.0. The van der Waals surface area contributed by atoms with Crippen molar-refractivity contribution in [2.45, 2.75) is 19.0 Å². The maximum Gasteiger partial charge on any atom is 0.342 e. The number of rotatable bonds is 7. The number of aryl methyl sites for hydroxylation is 1. The molecule has 0 aliphatic rings. The molecule has 172 valence electrons. The first-order valence-corrected chi connectivity index (χ1v) is 11.2. The molecule has 2 aromatic heterocycles. The number of thioether (sulfide) groups is 1. The van der Waals surface area contributed by atoms with Gasteiger partial charge in [0.2, 0.25) is 5.16 Å². The van der Waals surface area contributed by atoms with Crippen LogP contribution in [0.2, 0.25) is 5.02 Å². The third-order valence-electron chi connectivity index (χ3n) is 5.07. The van der Waals surface area contributed by atoms with Gasteiger partial charge in [-0.2, -0.15) is 0 Å². The van der Waals surface area contributed by atoms with Crippen LogP contribution >= 0.6 is 23.4 Å². The lowest BCUT2D eigenvalue weighted by Crippen LogP contribution is -2.00. The van der Waals surface area contributed by atoms with Gasteiger partial charge in [0.05, 0.1) is 4.92 Å². The number of benzene rings is 2. The average molecular weight is 496 g/mol. The maximum absolute atomic E-state index is 12.0. The van der Waals surface area contributed by atoms with Crippen molar-refractivity contribution in [1.29, 1.82) is 0 Å². The molecule has 4 rings (SSSR count). The van der Waals surface area contributed by atoms with E-state index in [4.69, 9.17) is 11.6 Å². The molecule has 9 nitrogen and oxygen atoms in total. The minimum Gasteiger partial charge on any atom is -0.477 e. The largest absolute Gasteiger partial charge is 0.477 e. The second-order valence-electron chi connectivity index (χ2n) is 7.32. The molecule has 0 bridgehead atoms. The van der Waals surface area contributed by atoms with Gasteiger partial charge >= 0.3 is 5.97 Å². The van der Waals surface area contributed by atoms with E-state index in [1.54, 1.807) is 42.5 Å². The molecule has 0 unspecified atom stereocenters. The van der Waals surface area contributed by atoms with Crippen LogP contribution in [0.25, 0.3) is 23.2 Å². The fourth-order valence-corrected chi connectivity index (χ4v) is 4.28. The molecule has 0 spiro atoms. The number of carboxylic acids is 1. The number of nitrogens with one attached hydrogen (secondary N) is 1. The molecular weight excluding hydrogens is 478 g/mol. The van der Waals surface area contributed by atoms with Gasteiger partial charge in [-0.15, -0.1) is 5.10 Å². The van der Waals surface area contributed by atoms with Crippen LogP contribution in [0, 0.1) is 24.0 Å². The lowest BCUT2D eigenvalue weighted by Gasteiger charge is -2.09. The first kappa shape index (κ1) is 23.3. The van der Waals surface area contributed by atoms with Gasteiger partial charge in [-0.05, 0) is 79.7 Å². The summed E-state index contributed by atoms with van der Waals surface area (Å²) in [6, 6.07) is 15.1. The molecule has 4 aromatic rings. The molecule has 0 amide bonds. The van der Waals surface area contributed by atoms with Crippen molar-refractivity contribution in [2.75, 3.05) is 0 Å². The zero-order chi connectivity index (χ0) is 24.4. The number of hydrogen-bond donors (Lipinski definition) is 2. The molecule has 0 radical (unpaired) electrons. The van der Waals surface area contributed by atoms with E-state index in [9.17, 15) is 20.0 Å². The second-order valence-corrected chi connectivity index (χ2v) is 8.77. The Balaban J connectivity index is 1.63. The van der Waals surface area contributed by atoms with Crippen molar-refractivity contribution in [3.8, 4) is 17.1 Å². The van der Waals surface area contributed by atoms with E-state index in [1.165, 1.54) is 12.1 Å². The van der Waals surface area contributed by atoms with E-state index >= 15 is 0 Å². The second kappa shape index (κ2) is 9.54. The summed E-state index contributed by atoms with van der Waals surface area (Å²) in [6.45, 7) is 3.74. The number of hydrogen-bond acceptors (Lipinski definition) is 6. The average Bonchev–Trinajstić information content (AvgIpc) is 3.38. The molecule has 34 heavy (non-hydrogen) atoms. The molecule has 0 saturated heterocycles. The van der Waals surface area contributed by atoms with Crippen LogP contribution in [0.4, 0.5) is 5.69 Å². The topological polar surface area (TPSA) is 127 Å². The Bertz CT molecular complexity index is 1410. The molecule has 11 heteroatoms. The zero-order valence-corrected chi connectivity index (χ0v) is 19.6. The number of H-pyrrole nitrogens is 1. The highest BCUT2D eigenvalue weighted by Crippen LogP contribution is 2.30. The summed E-state index contributed by atoms with van der Waals surface area (Å²) < 4.78 is 1.91. The number of halogens is 1. The number of non-ortho nitro benzene ring substituents is 1. The lowest BCUT2D eigenvalue weighted by atomic mass is 10.2. The molecule has 2 aromatic carbocycles. The van der Waals surface area contributed by atoms with Crippen LogP contribution in [0.15, 0.2) is 64.7 Å². The molecular formula is C23H18ClN5O4S. The van der Waals surface area contributed by atoms with Crippen molar-refractivity contribution in [3.63, 3.8) is 0 Å². The molecule has 2 N–H and O–H groups in total. The fraction of sp³-hybridized carbons (Fsp3) is 0.0870. The van der Waals surface area contributed by atoms with Gasteiger partial charge in [0, 0.05) is 39.8 Å². The summed E-state index contributed by atoms with van der Waals surface area (Å²) in [5, 5.41) is 28.5. The summed E-state index contributed by atoms with van der Waals surface area (Å²) >= 11 is 6.85. The van der Waals surface area contributed by atoms with Crippen LogP contribution < -0.4 is 0 Å². The zero-order valence-electron chi connectivity index (χ0n) is 18.0. The SMILES string of the molecule is Cc1cc(/C=C(\Sc2n[nH]c(-c3ccc(Cl)cc3)n2)C(=O)O)c(C)n1-c1ccc([N+](=O)[O-])cc1. The Morgan fingerprint density at radius 3 is 2.47 bits per heavy atom. The minimum absolute atomic E-state index is 0.000340. The van der Waals surface area contributed by atoms with Gasteiger partial charge in [0.25, 0.3) is 5.69 Å². The summed E-state index contributed by atoms with van der Waals surface area (Å²) in [4.78, 5) is 26.9. The van der Waals surface area contributed by atoms with Crippen molar-refractivity contribution < 1.29 is 14.8 Å². The Kier molecular flexibility index (Phi) is 6.53. The van der Waals surface area contributed by atoms with Gasteiger partial charge in [-0.3, -0.25) is 15.2 Å². The Morgan fingerprint density at radius 2 is 1.85 bits per heavy atom. The number of nitro groups is 1. The molecule has 0 atom stereocenters. The van der Waals surface area contributed by atoms with Gasteiger partial charge in [0.1, 0.15) is 4.91 Å². The van der Waals surface area contributed by atoms with E-state index in [-0.39, 0.29) is 15.7 Å². The van der Waals surface area contributed by atoms with E-state index in [0.717, 1.165) is 34.4 Å². The summed E-state index contributed by atoms with van der Waals surface area (Å²) in [7, 11) is 0. The van der Waals surface area contributed by atoms with Crippen LogP contribution in [0.3, 0.4) is 0 Å². The van der Waals surface area contributed by atoms with Gasteiger partial charge in [-0.25, -0.2) is 9.78 Å². The summed E-state index contributed by atoms with van der Waals surface area (Å²) in [5.74, 6) is -0.608. The monoisotopic (exact) mass is 495 g/mol. The third kappa shape index (κ3) is 4.87. The van der Waals surface area contributed by atoms with Gasteiger partial charge < -0.3 is 9.67 Å². The van der Waals surface area contributed by atoms with Crippen molar-refractivity contribution in [1.82, 2.24) is 19.7 Å². The fourth-order valence-electron chi connectivity index (χ4n) is 3.46. The third-order valence-corrected chi connectivity index (χ3v) is 6.20. The molecule has 0 aliphatic heterocycles. The number of aromatic amines is 1. The van der Waals surface area contributed by atoms with Crippen molar-refractivity contribution in [3.05, 3.63) is 91.6 Å². The van der Waals surface area contributed by atoms with Crippen LogP contribution in [-0.2, 0) is 4.79 Å². The number of aliphatic carboxylic acids is 1. The summed E-state index contributed by atoms with van der Waals surface area (Å²) in [6.07, 6.45) is 1.57. The van der Waals surface area contributed by atoms with Crippen molar-refractivity contribution >= 4 is 41.1 Å². The van der Waals surface area contributed by atoms with Crippen molar-refractivity contribution in [2.24, 2.45) is 0 Å². The van der Waals surface area contributed by atoms with E-state index in [0.29, 0.717) is 16.4 Å². The highest BCUT2D eigenvalue weighted by Gasteiger charge is 2.17. The first-order valence-electron chi connectivity index (χ1n) is 9.98. The van der Waals surface area contributed by atoms with E-state index in [2.05, 4.69) is 15.2 Å². The van der Waals surface area contributed by atoms with E-state index < -0.39 is 10.9 Å². The predicted molar refractivity (Wildman–Crippen MR) is 130 cm³/mol.